The molecule has 0 bridgehead atoms. The second kappa shape index (κ2) is 8.42. The van der Waals surface area contributed by atoms with Crippen LogP contribution in [0.4, 0.5) is 10.5 Å². The van der Waals surface area contributed by atoms with Crippen LogP contribution in [0.3, 0.4) is 0 Å². The Hall–Kier alpha value is -2.44. The first kappa shape index (κ1) is 17.9. The minimum Gasteiger partial charge on any atom is -0.497 e. The van der Waals surface area contributed by atoms with E-state index in [0.29, 0.717) is 36.9 Å². The Balaban J connectivity index is 2.02. The van der Waals surface area contributed by atoms with Crippen molar-refractivity contribution >= 4 is 17.7 Å². The molecule has 0 spiro atoms. The van der Waals surface area contributed by atoms with Gasteiger partial charge in [-0.1, -0.05) is 0 Å². The zero-order valence-electron chi connectivity index (χ0n) is 14.3. The highest BCUT2D eigenvalue weighted by molar-refractivity contribution is 5.91. The second-order valence-electron chi connectivity index (χ2n) is 5.53. The number of benzene rings is 1. The second-order valence-corrected chi connectivity index (χ2v) is 5.53. The number of hydrogen-bond donors (Lipinski definition) is 1. The molecular formula is C17H24N2O5. The standard InChI is InChI=1S/C17H24N2O5/c1-4-24-16(20)12-6-5-9-19(11-12)17(21)18-14-8-7-13(22-2)10-15(14)23-3/h7-8,10,12H,4-6,9,11H2,1-3H3,(H,18,21). The van der Waals surface area contributed by atoms with E-state index in [2.05, 4.69) is 5.32 Å². The van der Waals surface area contributed by atoms with Gasteiger partial charge in [0.25, 0.3) is 0 Å². The fourth-order valence-corrected chi connectivity index (χ4v) is 2.71. The predicted molar refractivity (Wildman–Crippen MR) is 89.5 cm³/mol. The van der Waals surface area contributed by atoms with E-state index in [0.717, 1.165) is 12.8 Å². The number of nitrogens with zero attached hydrogens (tertiary/aromatic N) is 1. The Morgan fingerprint density at radius 2 is 2.08 bits per heavy atom. The average Bonchev–Trinajstić information content (AvgIpc) is 2.62. The average molecular weight is 336 g/mol. The maximum atomic E-state index is 12.5. The highest BCUT2D eigenvalue weighted by Crippen LogP contribution is 2.29. The van der Waals surface area contributed by atoms with Gasteiger partial charge in [-0.2, -0.15) is 0 Å². The molecule has 24 heavy (non-hydrogen) atoms. The molecule has 2 amide bonds. The molecule has 0 radical (unpaired) electrons. The maximum Gasteiger partial charge on any atom is 0.321 e. The number of carbonyl (C=O) groups is 2. The number of urea groups is 1. The number of amides is 2. The number of esters is 1. The van der Waals surface area contributed by atoms with Crippen LogP contribution in [0.5, 0.6) is 11.5 Å². The number of piperidine rings is 1. The Morgan fingerprint density at radius 1 is 1.29 bits per heavy atom. The van der Waals surface area contributed by atoms with Crippen molar-refractivity contribution in [2.45, 2.75) is 19.8 Å². The van der Waals surface area contributed by atoms with Gasteiger partial charge in [0.15, 0.2) is 0 Å². The topological polar surface area (TPSA) is 77.1 Å². The van der Waals surface area contributed by atoms with E-state index < -0.39 is 0 Å². The summed E-state index contributed by atoms with van der Waals surface area (Å²) in [4.78, 5) is 26.0. The van der Waals surface area contributed by atoms with E-state index in [9.17, 15) is 9.59 Å². The van der Waals surface area contributed by atoms with Crippen LogP contribution in [0.15, 0.2) is 18.2 Å². The third-order valence-corrected chi connectivity index (χ3v) is 3.98. The minimum atomic E-state index is -0.262. The Labute approximate surface area is 141 Å². The smallest absolute Gasteiger partial charge is 0.321 e. The lowest BCUT2D eigenvalue weighted by Crippen LogP contribution is -2.44. The van der Waals surface area contributed by atoms with Crippen molar-refractivity contribution < 1.29 is 23.8 Å². The fraction of sp³-hybridized carbons (Fsp3) is 0.529. The molecule has 0 aliphatic carbocycles. The van der Waals surface area contributed by atoms with Crippen molar-refractivity contribution in [1.82, 2.24) is 4.90 Å². The first-order chi connectivity index (χ1) is 11.6. The van der Waals surface area contributed by atoms with Crippen molar-refractivity contribution in [3.05, 3.63) is 18.2 Å². The number of nitrogens with one attached hydrogen (secondary N) is 1. The molecule has 1 aliphatic heterocycles. The van der Waals surface area contributed by atoms with Crippen molar-refractivity contribution in [1.29, 1.82) is 0 Å². The van der Waals surface area contributed by atoms with E-state index in [1.165, 1.54) is 7.11 Å². The van der Waals surface area contributed by atoms with Gasteiger partial charge in [-0.15, -0.1) is 0 Å². The van der Waals surface area contributed by atoms with Crippen LogP contribution >= 0.6 is 0 Å². The SMILES string of the molecule is CCOC(=O)C1CCCN(C(=O)Nc2ccc(OC)cc2OC)C1. The third-order valence-electron chi connectivity index (χ3n) is 3.98. The molecule has 1 aliphatic rings. The van der Waals surface area contributed by atoms with Crippen molar-refractivity contribution in [3.8, 4) is 11.5 Å². The van der Waals surface area contributed by atoms with E-state index in [4.69, 9.17) is 14.2 Å². The van der Waals surface area contributed by atoms with Crippen LogP contribution in [-0.4, -0.2) is 50.8 Å². The first-order valence-electron chi connectivity index (χ1n) is 8.03. The summed E-state index contributed by atoms with van der Waals surface area (Å²) in [6.07, 6.45) is 1.52. The molecule has 1 saturated heterocycles. The van der Waals surface area contributed by atoms with Gasteiger partial charge < -0.3 is 24.4 Å². The molecule has 1 unspecified atom stereocenters. The van der Waals surface area contributed by atoms with Gasteiger partial charge >= 0.3 is 12.0 Å². The molecule has 0 saturated carbocycles. The normalized spacial score (nSPS) is 17.1. The summed E-state index contributed by atoms with van der Waals surface area (Å²) in [5.74, 6) is 0.658. The molecule has 0 aromatic heterocycles. The number of carbonyl (C=O) groups excluding carboxylic acids is 2. The van der Waals surface area contributed by atoms with Crippen LogP contribution in [0, 0.1) is 5.92 Å². The van der Waals surface area contributed by atoms with Crippen LogP contribution < -0.4 is 14.8 Å². The zero-order valence-corrected chi connectivity index (χ0v) is 14.3. The monoisotopic (exact) mass is 336 g/mol. The van der Waals surface area contributed by atoms with Gasteiger partial charge in [0.2, 0.25) is 0 Å². The molecule has 1 N–H and O–H groups in total. The van der Waals surface area contributed by atoms with E-state index >= 15 is 0 Å². The molecule has 7 nitrogen and oxygen atoms in total. The van der Waals surface area contributed by atoms with Crippen molar-refractivity contribution in [2.24, 2.45) is 5.92 Å². The van der Waals surface area contributed by atoms with Crippen LogP contribution in [0.25, 0.3) is 0 Å². The quantitative estimate of drug-likeness (QED) is 0.836. The number of ether oxygens (including phenoxy) is 3. The molecule has 1 aromatic rings. The minimum absolute atomic E-state index is 0.239. The largest absolute Gasteiger partial charge is 0.497 e. The summed E-state index contributed by atoms with van der Waals surface area (Å²) in [6.45, 7) is 3.11. The molecule has 2 rings (SSSR count). The van der Waals surface area contributed by atoms with Gasteiger partial charge in [0.1, 0.15) is 11.5 Å². The van der Waals surface area contributed by atoms with Crippen LogP contribution in [0.2, 0.25) is 0 Å². The molecule has 1 atom stereocenters. The number of anilines is 1. The van der Waals surface area contributed by atoms with Crippen molar-refractivity contribution in [2.75, 3.05) is 39.2 Å². The van der Waals surface area contributed by atoms with Crippen LogP contribution in [0.1, 0.15) is 19.8 Å². The van der Waals surface area contributed by atoms with E-state index in [1.807, 2.05) is 0 Å². The summed E-state index contributed by atoms with van der Waals surface area (Å²) in [5.41, 5.74) is 0.557. The fourth-order valence-electron chi connectivity index (χ4n) is 2.71. The lowest BCUT2D eigenvalue weighted by Gasteiger charge is -2.31. The molecule has 1 aromatic carbocycles. The molecular weight excluding hydrogens is 312 g/mol. The van der Waals surface area contributed by atoms with Gasteiger partial charge in [0.05, 0.1) is 32.4 Å². The lowest BCUT2D eigenvalue weighted by atomic mass is 9.98. The summed E-state index contributed by atoms with van der Waals surface area (Å²) in [7, 11) is 3.10. The van der Waals surface area contributed by atoms with Gasteiger partial charge in [-0.3, -0.25) is 4.79 Å². The first-order valence-corrected chi connectivity index (χ1v) is 8.03. The molecule has 1 heterocycles. The van der Waals surface area contributed by atoms with E-state index in [-0.39, 0.29) is 17.9 Å². The summed E-state index contributed by atoms with van der Waals surface area (Å²) >= 11 is 0. The predicted octanol–water partition coefficient (Wildman–Crippen LogP) is 2.51. The summed E-state index contributed by atoms with van der Waals surface area (Å²) < 4.78 is 15.5. The maximum absolute atomic E-state index is 12.5. The Bertz CT molecular complexity index is 590. The van der Waals surface area contributed by atoms with Gasteiger partial charge in [-0.25, -0.2) is 4.79 Å². The molecule has 132 valence electrons. The summed E-state index contributed by atoms with van der Waals surface area (Å²) in [6, 6.07) is 4.91. The number of methoxy groups -OCH3 is 2. The summed E-state index contributed by atoms with van der Waals surface area (Å²) in [5, 5.41) is 2.83. The highest BCUT2D eigenvalue weighted by Gasteiger charge is 2.29. The molecule has 1 fully saturated rings. The van der Waals surface area contributed by atoms with Gasteiger partial charge in [-0.05, 0) is 31.9 Å². The van der Waals surface area contributed by atoms with Crippen molar-refractivity contribution in [3.63, 3.8) is 0 Å². The van der Waals surface area contributed by atoms with Crippen LogP contribution in [-0.2, 0) is 9.53 Å². The Morgan fingerprint density at radius 3 is 2.75 bits per heavy atom. The highest BCUT2D eigenvalue weighted by atomic mass is 16.5. The van der Waals surface area contributed by atoms with Gasteiger partial charge in [0, 0.05) is 19.2 Å². The lowest BCUT2D eigenvalue weighted by molar-refractivity contribution is -0.149. The molecule has 7 heteroatoms. The number of rotatable bonds is 5. The van der Waals surface area contributed by atoms with E-state index in [1.54, 1.807) is 37.1 Å². The number of hydrogen-bond acceptors (Lipinski definition) is 5. The third kappa shape index (κ3) is 4.31. The zero-order chi connectivity index (χ0) is 17.5. The Kier molecular flexibility index (Phi) is 6.28. The number of likely N-dealkylation sites (tertiary alicyclic amines) is 1.